The van der Waals surface area contributed by atoms with Gasteiger partial charge in [0.2, 0.25) is 5.95 Å². The Morgan fingerprint density at radius 1 is 1.20 bits per heavy atom. The van der Waals surface area contributed by atoms with Gasteiger partial charge in [-0.15, -0.1) is 0 Å². The maximum absolute atomic E-state index is 13.2. The number of aromatic nitrogens is 4. The molecule has 11 heteroatoms. The van der Waals surface area contributed by atoms with Crippen LogP contribution in [0.1, 0.15) is 39.2 Å². The van der Waals surface area contributed by atoms with Crippen molar-refractivity contribution in [3.8, 4) is 0 Å². The van der Waals surface area contributed by atoms with Crippen molar-refractivity contribution >= 4 is 34.8 Å². The number of halogens is 1. The molecule has 0 aliphatic carbocycles. The topological polar surface area (TPSA) is 103 Å². The molecule has 0 saturated carbocycles. The fourth-order valence-corrected chi connectivity index (χ4v) is 4.57. The lowest BCUT2D eigenvalue weighted by molar-refractivity contribution is 0.0500. The van der Waals surface area contributed by atoms with E-state index in [1.54, 1.807) is 13.1 Å². The average molecular weight is 503 g/mol. The summed E-state index contributed by atoms with van der Waals surface area (Å²) >= 11 is 6.44. The molecule has 3 heterocycles. The summed E-state index contributed by atoms with van der Waals surface area (Å²) in [5.74, 6) is 0.550. The van der Waals surface area contributed by atoms with Gasteiger partial charge in [-0.2, -0.15) is 4.98 Å². The van der Waals surface area contributed by atoms with Crippen LogP contribution in [0.5, 0.6) is 0 Å². The van der Waals surface area contributed by atoms with Crippen LogP contribution in [0.4, 0.5) is 10.7 Å². The zero-order valence-corrected chi connectivity index (χ0v) is 21.4. The monoisotopic (exact) mass is 502 g/mol. The SMILES string of the molecule is Cn1c(=O)c2c(nc(N3CCCC(NC(=O)OC(C)(C)C)C3)n2Cc2ccccc2Cl)n(C)c1=O. The maximum atomic E-state index is 13.2. The van der Waals surface area contributed by atoms with E-state index in [2.05, 4.69) is 5.32 Å². The van der Waals surface area contributed by atoms with Gasteiger partial charge in [-0.25, -0.2) is 9.59 Å². The lowest BCUT2D eigenvalue weighted by atomic mass is 10.1. The van der Waals surface area contributed by atoms with Crippen molar-refractivity contribution in [3.05, 3.63) is 55.7 Å². The van der Waals surface area contributed by atoms with Crippen molar-refractivity contribution in [2.75, 3.05) is 18.0 Å². The minimum atomic E-state index is -0.591. The molecule has 4 rings (SSSR count). The van der Waals surface area contributed by atoms with Crippen LogP contribution >= 0.6 is 11.6 Å². The molecule has 188 valence electrons. The predicted molar refractivity (Wildman–Crippen MR) is 135 cm³/mol. The number of ether oxygens (including phenoxy) is 1. The molecular formula is C24H31ClN6O4. The number of hydrogen-bond acceptors (Lipinski definition) is 6. The zero-order valence-electron chi connectivity index (χ0n) is 20.7. The molecule has 1 unspecified atom stereocenters. The molecule has 1 saturated heterocycles. The second-order valence-corrected chi connectivity index (χ2v) is 10.3. The van der Waals surface area contributed by atoms with E-state index in [0.717, 1.165) is 23.0 Å². The number of nitrogens with zero attached hydrogens (tertiary/aromatic N) is 5. The fraction of sp³-hybridized carbons (Fsp3) is 0.500. The first kappa shape index (κ1) is 24.8. The van der Waals surface area contributed by atoms with E-state index >= 15 is 0 Å². The second-order valence-electron chi connectivity index (χ2n) is 9.90. The molecule has 0 spiro atoms. The molecule has 10 nitrogen and oxygen atoms in total. The number of anilines is 1. The molecule has 1 fully saturated rings. The Bertz CT molecular complexity index is 1380. The molecule has 1 atom stereocenters. The molecule has 1 amide bonds. The summed E-state index contributed by atoms with van der Waals surface area (Å²) in [4.78, 5) is 44.9. The third-order valence-corrected chi connectivity index (χ3v) is 6.41. The third-order valence-electron chi connectivity index (χ3n) is 6.04. The summed E-state index contributed by atoms with van der Waals surface area (Å²) in [5, 5.41) is 3.52. The first-order valence-corrected chi connectivity index (χ1v) is 12.0. The minimum absolute atomic E-state index is 0.154. The summed E-state index contributed by atoms with van der Waals surface area (Å²) in [6.45, 7) is 6.94. The number of hydrogen-bond donors (Lipinski definition) is 1. The number of alkyl carbamates (subject to hydrolysis) is 1. The quantitative estimate of drug-likeness (QED) is 0.588. The van der Waals surface area contributed by atoms with Crippen molar-refractivity contribution in [2.24, 2.45) is 14.1 Å². The molecule has 1 aliphatic heterocycles. The first-order chi connectivity index (χ1) is 16.5. The number of amides is 1. The fourth-order valence-electron chi connectivity index (χ4n) is 4.37. The van der Waals surface area contributed by atoms with Crippen molar-refractivity contribution in [1.82, 2.24) is 24.0 Å². The third kappa shape index (κ3) is 5.07. The summed E-state index contributed by atoms with van der Waals surface area (Å²) in [6.07, 6.45) is 1.14. The van der Waals surface area contributed by atoms with Gasteiger partial charge >= 0.3 is 11.8 Å². The normalized spacial score (nSPS) is 16.5. The Morgan fingerprint density at radius 3 is 2.60 bits per heavy atom. The van der Waals surface area contributed by atoms with E-state index < -0.39 is 22.9 Å². The Balaban J connectivity index is 1.76. The van der Waals surface area contributed by atoms with E-state index in [4.69, 9.17) is 21.3 Å². The summed E-state index contributed by atoms with van der Waals surface area (Å²) in [5.41, 5.74) is 0.000683. The molecule has 1 aromatic carbocycles. The molecule has 0 bridgehead atoms. The number of nitrogens with one attached hydrogen (secondary N) is 1. The van der Waals surface area contributed by atoms with Gasteiger partial charge in [-0.05, 0) is 45.2 Å². The highest BCUT2D eigenvalue weighted by atomic mass is 35.5. The summed E-state index contributed by atoms with van der Waals surface area (Å²) in [6, 6.07) is 7.27. The number of piperidine rings is 1. The number of rotatable bonds is 4. The Kier molecular flexibility index (Phi) is 6.68. The largest absolute Gasteiger partial charge is 0.444 e. The number of fused-ring (bicyclic) bond motifs is 1. The van der Waals surface area contributed by atoms with Crippen LogP contribution in [0.15, 0.2) is 33.9 Å². The summed E-state index contributed by atoms with van der Waals surface area (Å²) in [7, 11) is 3.06. The van der Waals surface area contributed by atoms with E-state index in [9.17, 15) is 14.4 Å². The van der Waals surface area contributed by atoms with Gasteiger partial charge in [-0.3, -0.25) is 18.5 Å². The zero-order chi connectivity index (χ0) is 25.5. The van der Waals surface area contributed by atoms with Gasteiger partial charge in [0.15, 0.2) is 11.2 Å². The molecule has 0 radical (unpaired) electrons. The van der Waals surface area contributed by atoms with Crippen LogP contribution in [0.3, 0.4) is 0 Å². The smallest absolute Gasteiger partial charge is 0.407 e. The van der Waals surface area contributed by atoms with Crippen molar-refractivity contribution < 1.29 is 9.53 Å². The van der Waals surface area contributed by atoms with E-state index in [1.165, 1.54) is 11.6 Å². The number of aryl methyl sites for hydroxylation is 1. The van der Waals surface area contributed by atoms with Gasteiger partial charge in [0.1, 0.15) is 5.60 Å². The van der Waals surface area contributed by atoms with E-state index in [1.807, 2.05) is 48.4 Å². The number of carbonyl (C=O) groups excluding carboxylic acids is 1. The van der Waals surface area contributed by atoms with Crippen LogP contribution in [-0.4, -0.2) is 49.5 Å². The van der Waals surface area contributed by atoms with Gasteiger partial charge in [0.25, 0.3) is 5.56 Å². The molecular weight excluding hydrogens is 472 g/mol. The molecule has 1 N–H and O–H groups in total. The van der Waals surface area contributed by atoms with Gasteiger partial charge < -0.3 is 15.0 Å². The second kappa shape index (κ2) is 9.41. The lowest BCUT2D eigenvalue weighted by Gasteiger charge is -2.34. The van der Waals surface area contributed by atoms with Crippen molar-refractivity contribution in [3.63, 3.8) is 0 Å². The van der Waals surface area contributed by atoms with Crippen molar-refractivity contribution in [2.45, 2.75) is 51.8 Å². The molecule has 1 aliphatic rings. The van der Waals surface area contributed by atoms with Crippen LogP contribution in [0, 0.1) is 0 Å². The number of benzene rings is 1. The highest BCUT2D eigenvalue weighted by molar-refractivity contribution is 6.31. The number of imidazole rings is 1. The predicted octanol–water partition coefficient (Wildman–Crippen LogP) is 2.63. The molecule has 2 aromatic heterocycles. The first-order valence-electron chi connectivity index (χ1n) is 11.6. The van der Waals surface area contributed by atoms with Crippen LogP contribution < -0.4 is 21.5 Å². The van der Waals surface area contributed by atoms with E-state index in [-0.39, 0.29) is 6.04 Å². The highest BCUT2D eigenvalue weighted by Crippen LogP contribution is 2.26. The standard InChI is InChI=1S/C24H31ClN6O4/c1-24(2,3)35-22(33)26-16-10-8-12-30(14-16)21-27-19-18(20(32)29(5)23(34)28(19)4)31(21)13-15-9-6-7-11-17(15)25/h6-7,9,11,16H,8,10,12-14H2,1-5H3,(H,26,33). The molecule has 35 heavy (non-hydrogen) atoms. The average Bonchev–Trinajstić information content (AvgIpc) is 3.16. The number of carbonyl (C=O) groups is 1. The van der Waals surface area contributed by atoms with Crippen molar-refractivity contribution in [1.29, 1.82) is 0 Å². The lowest BCUT2D eigenvalue weighted by Crippen LogP contribution is -2.49. The van der Waals surface area contributed by atoms with Crippen LogP contribution in [-0.2, 0) is 25.4 Å². The van der Waals surface area contributed by atoms with E-state index in [0.29, 0.717) is 41.8 Å². The molecule has 3 aromatic rings. The van der Waals surface area contributed by atoms with Gasteiger partial charge in [0.05, 0.1) is 6.54 Å². The van der Waals surface area contributed by atoms with Crippen LogP contribution in [0.25, 0.3) is 11.2 Å². The Morgan fingerprint density at radius 2 is 1.91 bits per heavy atom. The highest BCUT2D eigenvalue weighted by Gasteiger charge is 2.29. The maximum Gasteiger partial charge on any atom is 0.407 e. The van der Waals surface area contributed by atoms with Crippen LogP contribution in [0.2, 0.25) is 5.02 Å². The van der Waals surface area contributed by atoms with Gasteiger partial charge in [0, 0.05) is 38.2 Å². The Labute approximate surface area is 208 Å². The van der Waals surface area contributed by atoms with Gasteiger partial charge in [-0.1, -0.05) is 29.8 Å². The minimum Gasteiger partial charge on any atom is -0.444 e. The summed E-state index contributed by atoms with van der Waals surface area (Å²) < 4.78 is 9.69. The Hall–Kier alpha value is -3.27.